The Hall–Kier alpha value is -1.26. The van der Waals surface area contributed by atoms with Crippen molar-refractivity contribution >= 4 is 11.5 Å². The van der Waals surface area contributed by atoms with Crippen molar-refractivity contribution in [3.63, 3.8) is 0 Å². The number of hydrogen-bond acceptors (Lipinski definition) is 4. The monoisotopic (exact) mass is 220 g/mol. The van der Waals surface area contributed by atoms with Crippen molar-refractivity contribution in [2.24, 2.45) is 0 Å². The molecule has 1 heterocycles. The maximum Gasteiger partial charge on any atom is 0.0917 e. The van der Waals surface area contributed by atoms with E-state index in [4.69, 9.17) is 0 Å². The Kier molecular flexibility index (Phi) is 3.42. The lowest BCUT2D eigenvalue weighted by molar-refractivity contribution is 0.171. The zero-order valence-corrected chi connectivity index (χ0v) is 9.02. The molecular weight excluding hydrogens is 208 g/mol. The van der Waals surface area contributed by atoms with Crippen molar-refractivity contribution in [3.05, 3.63) is 47.0 Å². The lowest BCUT2D eigenvalue weighted by Gasteiger charge is -2.06. The van der Waals surface area contributed by atoms with Crippen LogP contribution in [0.15, 0.2) is 36.5 Å². The van der Waals surface area contributed by atoms with Crippen molar-refractivity contribution in [2.45, 2.75) is 18.9 Å². The average molecular weight is 220 g/mol. The fourth-order valence-electron chi connectivity index (χ4n) is 1.41. The largest absolute Gasteiger partial charge is 0.387 e. The normalized spacial score (nSPS) is 12.6. The minimum atomic E-state index is -0.440. The highest BCUT2D eigenvalue weighted by Gasteiger charge is 2.09. The van der Waals surface area contributed by atoms with Gasteiger partial charge in [-0.15, -0.1) is 5.10 Å². The summed E-state index contributed by atoms with van der Waals surface area (Å²) in [4.78, 5) is 0.839. The summed E-state index contributed by atoms with van der Waals surface area (Å²) >= 11 is 1.26. The highest BCUT2D eigenvalue weighted by Crippen LogP contribution is 2.20. The summed E-state index contributed by atoms with van der Waals surface area (Å²) in [6.45, 7) is 0. The highest BCUT2D eigenvalue weighted by atomic mass is 32.1. The van der Waals surface area contributed by atoms with Crippen LogP contribution in [0.25, 0.3) is 0 Å². The van der Waals surface area contributed by atoms with Gasteiger partial charge in [0.25, 0.3) is 0 Å². The number of hydrogen-bond donors (Lipinski definition) is 1. The minimum Gasteiger partial charge on any atom is -0.387 e. The molecule has 3 nitrogen and oxygen atoms in total. The van der Waals surface area contributed by atoms with Crippen LogP contribution in [0.2, 0.25) is 0 Å². The molecule has 0 saturated heterocycles. The predicted molar refractivity (Wildman–Crippen MR) is 59.6 cm³/mol. The Morgan fingerprint density at radius 2 is 2.07 bits per heavy atom. The van der Waals surface area contributed by atoms with Crippen molar-refractivity contribution < 1.29 is 5.11 Å². The first-order valence-electron chi connectivity index (χ1n) is 4.85. The highest BCUT2D eigenvalue weighted by molar-refractivity contribution is 7.05. The van der Waals surface area contributed by atoms with Crippen LogP contribution in [0, 0.1) is 0 Å². The molecule has 0 amide bonds. The van der Waals surface area contributed by atoms with E-state index in [1.165, 1.54) is 17.1 Å². The summed E-state index contributed by atoms with van der Waals surface area (Å²) in [6.07, 6.45) is 2.78. The lowest BCUT2D eigenvalue weighted by atomic mass is 10.1. The molecule has 0 aliphatic heterocycles. The smallest absolute Gasteiger partial charge is 0.0917 e. The van der Waals surface area contributed by atoms with Crippen molar-refractivity contribution in [3.8, 4) is 0 Å². The topological polar surface area (TPSA) is 46.0 Å². The van der Waals surface area contributed by atoms with E-state index in [1.807, 2.05) is 18.2 Å². The second kappa shape index (κ2) is 5.00. The molecule has 4 heteroatoms. The summed E-state index contributed by atoms with van der Waals surface area (Å²) in [6, 6.07) is 10.1. The molecule has 1 aromatic carbocycles. The van der Waals surface area contributed by atoms with Gasteiger partial charge in [-0.25, -0.2) is 0 Å². The van der Waals surface area contributed by atoms with Gasteiger partial charge >= 0.3 is 0 Å². The third-order valence-corrected chi connectivity index (χ3v) is 3.02. The molecule has 0 spiro atoms. The fraction of sp³-hybridized carbons (Fsp3) is 0.273. The molecular formula is C11H12N2OS. The van der Waals surface area contributed by atoms with Crippen LogP contribution in [-0.4, -0.2) is 14.7 Å². The van der Waals surface area contributed by atoms with E-state index >= 15 is 0 Å². The SMILES string of the molecule is OC(CCc1ccccc1)c1cnns1. The standard InChI is InChI=1S/C11H12N2OS/c14-10(11-8-12-13-15-11)7-6-9-4-2-1-3-5-9/h1-5,8,10,14H,6-7H2. The number of aliphatic hydroxyl groups is 1. The number of aryl methyl sites for hydroxylation is 1. The van der Waals surface area contributed by atoms with Crippen molar-refractivity contribution in [1.82, 2.24) is 9.59 Å². The van der Waals surface area contributed by atoms with Gasteiger partial charge in [0.2, 0.25) is 0 Å². The second-order valence-electron chi connectivity index (χ2n) is 3.36. The second-order valence-corrected chi connectivity index (χ2v) is 4.18. The molecule has 15 heavy (non-hydrogen) atoms. The van der Waals surface area contributed by atoms with Crippen LogP contribution in [-0.2, 0) is 6.42 Å². The van der Waals surface area contributed by atoms with Crippen LogP contribution >= 0.6 is 11.5 Å². The number of rotatable bonds is 4. The molecule has 2 aromatic rings. The van der Waals surface area contributed by atoms with Gasteiger partial charge in [-0.3, -0.25) is 0 Å². The van der Waals surface area contributed by atoms with E-state index in [1.54, 1.807) is 6.20 Å². The molecule has 1 atom stereocenters. The molecule has 0 radical (unpaired) electrons. The van der Waals surface area contributed by atoms with Gasteiger partial charge in [0.1, 0.15) is 0 Å². The van der Waals surface area contributed by atoms with E-state index in [0.717, 1.165) is 11.3 Å². The Morgan fingerprint density at radius 1 is 1.27 bits per heavy atom. The van der Waals surface area contributed by atoms with E-state index in [2.05, 4.69) is 21.7 Å². The molecule has 1 N–H and O–H groups in total. The molecule has 2 rings (SSSR count). The zero-order chi connectivity index (χ0) is 10.5. The maximum atomic E-state index is 9.80. The Bertz CT molecular complexity index is 388. The van der Waals surface area contributed by atoms with Gasteiger partial charge < -0.3 is 5.11 Å². The minimum absolute atomic E-state index is 0.440. The van der Waals surface area contributed by atoms with E-state index in [0.29, 0.717) is 6.42 Å². The van der Waals surface area contributed by atoms with Crippen LogP contribution < -0.4 is 0 Å². The molecule has 1 unspecified atom stereocenters. The van der Waals surface area contributed by atoms with Crippen molar-refractivity contribution in [1.29, 1.82) is 0 Å². The van der Waals surface area contributed by atoms with Crippen LogP contribution in [0.4, 0.5) is 0 Å². The summed E-state index contributed by atoms with van der Waals surface area (Å²) < 4.78 is 3.73. The maximum absolute atomic E-state index is 9.80. The van der Waals surface area contributed by atoms with Gasteiger partial charge in [-0.2, -0.15) is 0 Å². The van der Waals surface area contributed by atoms with E-state index in [-0.39, 0.29) is 0 Å². The van der Waals surface area contributed by atoms with Gasteiger partial charge in [-0.05, 0) is 29.9 Å². The van der Waals surface area contributed by atoms with E-state index < -0.39 is 6.10 Å². The molecule has 1 aromatic heterocycles. The lowest BCUT2D eigenvalue weighted by Crippen LogP contribution is -1.97. The predicted octanol–water partition coefficient (Wildman–Crippen LogP) is 2.20. The first-order chi connectivity index (χ1) is 7.36. The Balaban J connectivity index is 1.89. The van der Waals surface area contributed by atoms with Crippen LogP contribution in [0.5, 0.6) is 0 Å². The van der Waals surface area contributed by atoms with Crippen LogP contribution in [0.1, 0.15) is 23.0 Å². The number of benzene rings is 1. The summed E-state index contributed by atoms with van der Waals surface area (Å²) in [5.74, 6) is 0. The van der Waals surface area contributed by atoms with E-state index in [9.17, 15) is 5.11 Å². The summed E-state index contributed by atoms with van der Waals surface area (Å²) in [5, 5.41) is 13.5. The zero-order valence-electron chi connectivity index (χ0n) is 8.21. The molecule has 0 aliphatic rings. The van der Waals surface area contributed by atoms with Crippen molar-refractivity contribution in [2.75, 3.05) is 0 Å². The number of aliphatic hydroxyl groups excluding tert-OH is 1. The summed E-state index contributed by atoms with van der Waals surface area (Å²) in [7, 11) is 0. The first kappa shape index (κ1) is 10.3. The molecule has 0 saturated carbocycles. The average Bonchev–Trinajstić information content (AvgIpc) is 2.81. The van der Waals surface area contributed by atoms with Gasteiger partial charge in [-0.1, -0.05) is 34.8 Å². The number of aromatic nitrogens is 2. The quantitative estimate of drug-likeness (QED) is 0.859. The fourth-order valence-corrected chi connectivity index (χ4v) is 1.93. The Morgan fingerprint density at radius 3 is 2.73 bits per heavy atom. The van der Waals surface area contributed by atoms with Gasteiger partial charge in [0.05, 0.1) is 17.2 Å². The third-order valence-electron chi connectivity index (χ3n) is 2.26. The summed E-state index contributed by atoms with van der Waals surface area (Å²) in [5.41, 5.74) is 1.24. The van der Waals surface area contributed by atoms with Gasteiger partial charge in [0, 0.05) is 0 Å². The van der Waals surface area contributed by atoms with Gasteiger partial charge in [0.15, 0.2) is 0 Å². The molecule has 0 bridgehead atoms. The van der Waals surface area contributed by atoms with Crippen LogP contribution in [0.3, 0.4) is 0 Å². The first-order valence-corrected chi connectivity index (χ1v) is 5.63. The Labute approximate surface area is 92.6 Å². The molecule has 78 valence electrons. The molecule has 0 aliphatic carbocycles. The third kappa shape index (κ3) is 2.84. The number of nitrogens with zero attached hydrogens (tertiary/aromatic N) is 2. The molecule has 0 fully saturated rings.